The summed E-state index contributed by atoms with van der Waals surface area (Å²) in [6.07, 6.45) is 0. The second-order valence-electron chi connectivity index (χ2n) is 6.74. The Morgan fingerprint density at radius 3 is 2.11 bits per heavy atom. The number of quaternary nitrogens is 1. The maximum Gasteiger partial charge on any atom is 0.279 e. The number of aryl methyl sites for hydroxylation is 2. The zero-order chi connectivity index (χ0) is 20.7. The highest BCUT2D eigenvalue weighted by Gasteiger charge is 2.17. The lowest BCUT2D eigenvalue weighted by atomic mass is 10.1. The summed E-state index contributed by atoms with van der Waals surface area (Å²) in [5.41, 5.74) is 3.37. The minimum Gasteiger partial charge on any atom is -0.497 e. The molecule has 0 aromatic heterocycles. The van der Waals surface area contributed by atoms with Gasteiger partial charge in [-0.1, -0.05) is 18.2 Å². The zero-order valence-corrected chi connectivity index (χ0v) is 17.0. The maximum atomic E-state index is 12.4. The van der Waals surface area contributed by atoms with Crippen molar-refractivity contribution in [3.63, 3.8) is 0 Å². The van der Waals surface area contributed by atoms with E-state index in [1.807, 2.05) is 32.0 Å². The number of methoxy groups -OCH3 is 2. The minimum atomic E-state index is -0.219. The van der Waals surface area contributed by atoms with Crippen LogP contribution in [0.4, 0.5) is 11.4 Å². The standard InChI is InChI=1S/C21H27N3O4/c1-14-7-6-8-15(2)21(14)23-20(26)13-24(3)12-19(25)22-17-11-16(27-4)9-10-18(17)28-5/h6-11H,12-13H2,1-5H3,(H,22,25)(H,23,26)/p+1. The molecule has 0 radical (unpaired) electrons. The van der Waals surface area contributed by atoms with Crippen molar-refractivity contribution in [3.8, 4) is 11.5 Å². The Morgan fingerprint density at radius 1 is 0.929 bits per heavy atom. The van der Waals surface area contributed by atoms with Crippen molar-refractivity contribution in [2.24, 2.45) is 0 Å². The molecule has 28 heavy (non-hydrogen) atoms. The van der Waals surface area contributed by atoms with Crippen LogP contribution in [-0.2, 0) is 9.59 Å². The highest BCUT2D eigenvalue weighted by atomic mass is 16.5. The summed E-state index contributed by atoms with van der Waals surface area (Å²) in [5.74, 6) is 0.801. The van der Waals surface area contributed by atoms with E-state index in [-0.39, 0.29) is 24.9 Å². The summed E-state index contributed by atoms with van der Waals surface area (Å²) in [6, 6.07) is 11.0. The van der Waals surface area contributed by atoms with E-state index in [0.717, 1.165) is 21.7 Å². The van der Waals surface area contributed by atoms with Crippen LogP contribution in [0.25, 0.3) is 0 Å². The number of hydrogen-bond acceptors (Lipinski definition) is 4. The average molecular weight is 386 g/mol. The van der Waals surface area contributed by atoms with Crippen molar-refractivity contribution < 1.29 is 24.0 Å². The summed E-state index contributed by atoms with van der Waals surface area (Å²) >= 11 is 0. The molecule has 150 valence electrons. The number of benzene rings is 2. The van der Waals surface area contributed by atoms with Gasteiger partial charge in [-0.05, 0) is 37.1 Å². The molecule has 2 aromatic rings. The van der Waals surface area contributed by atoms with Crippen LogP contribution in [0.15, 0.2) is 36.4 Å². The van der Waals surface area contributed by atoms with E-state index in [1.54, 1.807) is 32.4 Å². The fourth-order valence-corrected chi connectivity index (χ4v) is 2.91. The van der Waals surface area contributed by atoms with Gasteiger partial charge in [0.1, 0.15) is 11.5 Å². The summed E-state index contributed by atoms with van der Waals surface area (Å²) < 4.78 is 10.4. The molecule has 2 rings (SSSR count). The predicted octanol–water partition coefficient (Wildman–Crippen LogP) is 1.41. The third-order valence-corrected chi connectivity index (χ3v) is 4.35. The van der Waals surface area contributed by atoms with Crippen LogP contribution in [0.1, 0.15) is 11.1 Å². The molecule has 2 amide bonds. The van der Waals surface area contributed by atoms with Crippen molar-refractivity contribution in [2.45, 2.75) is 13.8 Å². The maximum absolute atomic E-state index is 12.4. The lowest BCUT2D eigenvalue weighted by Crippen LogP contribution is -3.11. The van der Waals surface area contributed by atoms with E-state index in [0.29, 0.717) is 17.2 Å². The van der Waals surface area contributed by atoms with Gasteiger partial charge in [-0.3, -0.25) is 9.59 Å². The molecule has 2 aromatic carbocycles. The number of para-hydroxylation sites is 1. The minimum absolute atomic E-state index is 0.137. The number of likely N-dealkylation sites (N-methyl/N-ethyl adjacent to an activating group) is 1. The first-order chi connectivity index (χ1) is 13.3. The molecule has 0 aliphatic heterocycles. The Morgan fingerprint density at radius 2 is 1.54 bits per heavy atom. The topological polar surface area (TPSA) is 81.1 Å². The van der Waals surface area contributed by atoms with Crippen LogP contribution in [0.3, 0.4) is 0 Å². The van der Waals surface area contributed by atoms with Crippen molar-refractivity contribution in [1.82, 2.24) is 0 Å². The van der Waals surface area contributed by atoms with Crippen LogP contribution < -0.4 is 25.0 Å². The predicted molar refractivity (Wildman–Crippen MR) is 109 cm³/mol. The fraction of sp³-hybridized carbons (Fsp3) is 0.333. The quantitative estimate of drug-likeness (QED) is 0.641. The number of rotatable bonds is 8. The molecule has 0 bridgehead atoms. The lowest BCUT2D eigenvalue weighted by molar-refractivity contribution is -0.862. The van der Waals surface area contributed by atoms with Gasteiger partial charge in [0, 0.05) is 11.8 Å². The van der Waals surface area contributed by atoms with Crippen LogP contribution in [0.5, 0.6) is 11.5 Å². The Bertz CT molecular complexity index is 831. The zero-order valence-electron chi connectivity index (χ0n) is 17.0. The summed E-state index contributed by atoms with van der Waals surface area (Å²) in [4.78, 5) is 25.5. The van der Waals surface area contributed by atoms with Gasteiger partial charge >= 0.3 is 0 Å². The van der Waals surface area contributed by atoms with Gasteiger partial charge < -0.3 is 25.0 Å². The van der Waals surface area contributed by atoms with E-state index in [2.05, 4.69) is 10.6 Å². The summed E-state index contributed by atoms with van der Waals surface area (Å²) in [7, 11) is 4.89. The second-order valence-corrected chi connectivity index (χ2v) is 6.74. The van der Waals surface area contributed by atoms with E-state index < -0.39 is 0 Å². The number of ether oxygens (including phenoxy) is 2. The van der Waals surface area contributed by atoms with E-state index in [9.17, 15) is 9.59 Å². The molecule has 0 saturated heterocycles. The molecule has 7 nitrogen and oxygen atoms in total. The fourth-order valence-electron chi connectivity index (χ4n) is 2.91. The summed E-state index contributed by atoms with van der Waals surface area (Å²) in [5, 5.41) is 5.75. The molecule has 0 saturated carbocycles. The molecular formula is C21H28N3O4+. The van der Waals surface area contributed by atoms with Crippen LogP contribution in [0, 0.1) is 13.8 Å². The molecule has 7 heteroatoms. The van der Waals surface area contributed by atoms with Crippen molar-refractivity contribution in [1.29, 1.82) is 0 Å². The number of carbonyl (C=O) groups is 2. The number of hydrogen-bond donors (Lipinski definition) is 3. The van der Waals surface area contributed by atoms with E-state index in [4.69, 9.17) is 9.47 Å². The molecule has 0 aliphatic carbocycles. The number of amides is 2. The molecule has 0 heterocycles. The molecule has 0 aliphatic rings. The Balaban J connectivity index is 1.93. The first kappa shape index (κ1) is 21.2. The van der Waals surface area contributed by atoms with Crippen LogP contribution in [0.2, 0.25) is 0 Å². The normalized spacial score (nSPS) is 11.5. The Labute approximate surface area is 165 Å². The average Bonchev–Trinajstić information content (AvgIpc) is 2.64. The van der Waals surface area contributed by atoms with Crippen LogP contribution in [-0.4, -0.2) is 46.2 Å². The van der Waals surface area contributed by atoms with Gasteiger partial charge in [0.05, 0.1) is 27.0 Å². The largest absolute Gasteiger partial charge is 0.497 e. The van der Waals surface area contributed by atoms with Gasteiger partial charge in [0.2, 0.25) is 0 Å². The smallest absolute Gasteiger partial charge is 0.279 e. The molecule has 0 fully saturated rings. The highest BCUT2D eigenvalue weighted by molar-refractivity contribution is 5.94. The van der Waals surface area contributed by atoms with Crippen molar-refractivity contribution in [2.75, 3.05) is 45.0 Å². The SMILES string of the molecule is COc1ccc(OC)c(NC(=O)C[NH+](C)CC(=O)Nc2c(C)cccc2C)c1. The molecule has 0 spiro atoms. The highest BCUT2D eigenvalue weighted by Crippen LogP contribution is 2.28. The number of nitrogens with one attached hydrogen (secondary N) is 3. The van der Waals surface area contributed by atoms with E-state index >= 15 is 0 Å². The van der Waals surface area contributed by atoms with Gasteiger partial charge in [-0.2, -0.15) is 0 Å². The molecule has 1 atom stereocenters. The first-order valence-electron chi connectivity index (χ1n) is 9.03. The second kappa shape index (κ2) is 9.75. The monoisotopic (exact) mass is 386 g/mol. The summed E-state index contributed by atoms with van der Waals surface area (Å²) in [6.45, 7) is 4.22. The molecule has 1 unspecified atom stereocenters. The van der Waals surface area contributed by atoms with Crippen molar-refractivity contribution >= 4 is 23.2 Å². The Kier molecular flexibility index (Phi) is 7.40. The van der Waals surface area contributed by atoms with Gasteiger partial charge in [0.15, 0.2) is 13.1 Å². The van der Waals surface area contributed by atoms with Gasteiger partial charge in [0.25, 0.3) is 11.8 Å². The third kappa shape index (κ3) is 5.72. The number of anilines is 2. The molecule has 3 N–H and O–H groups in total. The van der Waals surface area contributed by atoms with Crippen molar-refractivity contribution in [3.05, 3.63) is 47.5 Å². The van der Waals surface area contributed by atoms with Crippen LogP contribution >= 0.6 is 0 Å². The van der Waals surface area contributed by atoms with E-state index in [1.165, 1.54) is 7.11 Å². The lowest BCUT2D eigenvalue weighted by Gasteiger charge is -2.16. The van der Waals surface area contributed by atoms with Gasteiger partial charge in [-0.15, -0.1) is 0 Å². The van der Waals surface area contributed by atoms with Gasteiger partial charge in [-0.25, -0.2) is 0 Å². The Hall–Kier alpha value is -3.06. The molecular weight excluding hydrogens is 358 g/mol. The first-order valence-corrected chi connectivity index (χ1v) is 9.03. The third-order valence-electron chi connectivity index (χ3n) is 4.35. The number of carbonyl (C=O) groups excluding carboxylic acids is 2.